The number of halogens is 1. The fraction of sp³-hybridized carbons (Fsp3) is 0.129. The zero-order valence-electron chi connectivity index (χ0n) is 23.2. The Balaban J connectivity index is 1.45. The van der Waals surface area contributed by atoms with Gasteiger partial charge in [0.25, 0.3) is 5.56 Å². The monoisotopic (exact) mass is 612 g/mol. The van der Waals surface area contributed by atoms with Gasteiger partial charge in [0.2, 0.25) is 15.9 Å². The van der Waals surface area contributed by atoms with Gasteiger partial charge in [0.1, 0.15) is 30.2 Å². The van der Waals surface area contributed by atoms with E-state index in [1.807, 2.05) is 0 Å². The van der Waals surface area contributed by atoms with E-state index in [9.17, 15) is 17.6 Å². The number of aromatic amines is 1. The number of aromatic nitrogens is 3. The van der Waals surface area contributed by atoms with Gasteiger partial charge in [-0.1, -0.05) is 0 Å². The second-order valence-electron chi connectivity index (χ2n) is 10.4. The number of benzene rings is 3. The molecule has 7 aromatic rings. The molecule has 1 N–H and O–H groups in total. The Morgan fingerprint density at radius 1 is 0.955 bits per heavy atom. The predicted molar refractivity (Wildman–Crippen MR) is 162 cm³/mol. The number of hydrogen-bond donors (Lipinski definition) is 1. The van der Waals surface area contributed by atoms with E-state index in [-0.39, 0.29) is 33.6 Å². The molecule has 0 saturated heterocycles. The van der Waals surface area contributed by atoms with Gasteiger partial charge >= 0.3 is 0 Å². The molecule has 220 valence electrons. The molecule has 0 fully saturated rings. The summed E-state index contributed by atoms with van der Waals surface area (Å²) in [6, 6.07) is 14.3. The first-order valence-corrected chi connectivity index (χ1v) is 15.3. The smallest absolute Gasteiger partial charge is 0.260 e. The summed E-state index contributed by atoms with van der Waals surface area (Å²) in [5.74, 6) is 0.571. The normalized spacial score (nSPS) is 13.3. The van der Waals surface area contributed by atoms with Crippen LogP contribution in [0.15, 0.2) is 74.4 Å². The zero-order valence-corrected chi connectivity index (χ0v) is 24.0. The average molecular weight is 613 g/mol. The summed E-state index contributed by atoms with van der Waals surface area (Å²) in [5.41, 5.74) is 2.99. The number of nitrogens with zero attached hydrogens (tertiary/aromatic N) is 3. The lowest BCUT2D eigenvalue weighted by Gasteiger charge is -2.24. The Hall–Kier alpha value is -5.43. The number of H-pyrrole nitrogens is 1. The fourth-order valence-electron chi connectivity index (χ4n) is 5.57. The molecule has 0 atom stereocenters. The zero-order chi connectivity index (χ0) is 30.3. The third-order valence-corrected chi connectivity index (χ3v) is 8.88. The van der Waals surface area contributed by atoms with Crippen LogP contribution in [0.4, 0.5) is 10.1 Å². The number of oxazole rings is 1. The third kappa shape index (κ3) is 4.00. The first-order valence-electron chi connectivity index (χ1n) is 13.5. The summed E-state index contributed by atoms with van der Waals surface area (Å²) in [4.78, 5) is 24.9. The van der Waals surface area contributed by atoms with Gasteiger partial charge in [-0.15, -0.1) is 0 Å². The highest BCUT2D eigenvalue weighted by Gasteiger charge is 2.27. The largest absolute Gasteiger partial charge is 0.486 e. The second kappa shape index (κ2) is 9.28. The highest BCUT2D eigenvalue weighted by molar-refractivity contribution is 7.92. The van der Waals surface area contributed by atoms with Crippen LogP contribution in [-0.2, 0) is 10.0 Å². The maximum Gasteiger partial charge on any atom is 0.260 e. The van der Waals surface area contributed by atoms with Crippen molar-refractivity contribution in [3.05, 3.63) is 77.0 Å². The molecule has 13 heteroatoms. The van der Waals surface area contributed by atoms with Crippen molar-refractivity contribution >= 4 is 59.8 Å². The van der Waals surface area contributed by atoms with E-state index in [2.05, 4.69) is 15.0 Å². The summed E-state index contributed by atoms with van der Waals surface area (Å²) >= 11 is 0. The van der Waals surface area contributed by atoms with E-state index in [1.165, 1.54) is 25.2 Å². The Kier molecular flexibility index (Phi) is 5.53. The van der Waals surface area contributed by atoms with Crippen molar-refractivity contribution in [2.24, 2.45) is 0 Å². The van der Waals surface area contributed by atoms with Crippen molar-refractivity contribution in [2.45, 2.75) is 0 Å². The summed E-state index contributed by atoms with van der Waals surface area (Å²) in [6.45, 7) is 0.614. The van der Waals surface area contributed by atoms with Crippen molar-refractivity contribution in [1.29, 1.82) is 0 Å². The van der Waals surface area contributed by atoms with Gasteiger partial charge in [-0.2, -0.15) is 4.98 Å². The number of ether oxygens (including phenoxy) is 2. The lowest BCUT2D eigenvalue weighted by Crippen LogP contribution is -2.25. The third-order valence-electron chi connectivity index (χ3n) is 7.69. The molecular formula is C31H21FN4O7S. The fourth-order valence-corrected chi connectivity index (χ4v) is 6.08. The van der Waals surface area contributed by atoms with Crippen molar-refractivity contribution < 1.29 is 31.1 Å². The Morgan fingerprint density at radius 3 is 2.61 bits per heavy atom. The second-order valence-corrected chi connectivity index (χ2v) is 12.5. The van der Waals surface area contributed by atoms with Crippen LogP contribution < -0.4 is 19.3 Å². The van der Waals surface area contributed by atoms with Gasteiger partial charge in [0.05, 0.1) is 28.4 Å². The minimum absolute atomic E-state index is 0.241. The molecule has 8 rings (SSSR count). The van der Waals surface area contributed by atoms with Gasteiger partial charge < -0.3 is 23.3 Å². The van der Waals surface area contributed by atoms with E-state index >= 15 is 0 Å². The van der Waals surface area contributed by atoms with Gasteiger partial charge in [0, 0.05) is 35.6 Å². The molecule has 1 aliphatic heterocycles. The van der Waals surface area contributed by atoms with Gasteiger partial charge in [-0.05, 0) is 54.1 Å². The van der Waals surface area contributed by atoms with Crippen molar-refractivity contribution in [3.8, 4) is 34.1 Å². The topological polar surface area (TPSA) is 141 Å². The summed E-state index contributed by atoms with van der Waals surface area (Å²) in [5, 5.41) is 1.19. The molecule has 0 aliphatic carbocycles. The SMILES string of the molecule is CN(c1cc2oc3c4ccc(F)cc4[nH]c(=O)c3c2cc1-c1cc2c(c(-c3nc4ncccc4o3)c1)OCCO2)S(C)(=O)=O. The quantitative estimate of drug-likeness (QED) is 0.269. The van der Waals surface area contributed by atoms with E-state index in [0.717, 1.165) is 10.6 Å². The number of fused-ring (bicyclic) bond motifs is 7. The lowest BCUT2D eigenvalue weighted by molar-refractivity contribution is 0.172. The van der Waals surface area contributed by atoms with Gasteiger partial charge in [-0.25, -0.2) is 17.8 Å². The van der Waals surface area contributed by atoms with Crippen LogP contribution in [0.25, 0.3) is 66.7 Å². The Bertz CT molecular complexity index is 2470. The van der Waals surface area contributed by atoms with Crippen LogP contribution >= 0.6 is 0 Å². The molecule has 11 nitrogen and oxygen atoms in total. The molecule has 1 aliphatic rings. The van der Waals surface area contributed by atoms with Crippen LogP contribution in [0.3, 0.4) is 0 Å². The molecule has 0 radical (unpaired) electrons. The molecule has 4 aromatic heterocycles. The van der Waals surface area contributed by atoms with Crippen molar-refractivity contribution in [2.75, 3.05) is 30.8 Å². The van der Waals surface area contributed by atoms with E-state index in [1.54, 1.807) is 42.6 Å². The van der Waals surface area contributed by atoms with E-state index in [0.29, 0.717) is 63.4 Å². The van der Waals surface area contributed by atoms with E-state index in [4.69, 9.17) is 18.3 Å². The van der Waals surface area contributed by atoms with Gasteiger partial charge in [0.15, 0.2) is 22.7 Å². The molecule has 0 bridgehead atoms. The molecule has 0 saturated carbocycles. The molecular weight excluding hydrogens is 591 g/mol. The van der Waals surface area contributed by atoms with Crippen molar-refractivity contribution in [1.82, 2.24) is 15.0 Å². The first kappa shape index (κ1) is 26.2. The van der Waals surface area contributed by atoms with Crippen LogP contribution in [0.5, 0.6) is 11.5 Å². The Labute approximate surface area is 247 Å². The summed E-state index contributed by atoms with van der Waals surface area (Å²) < 4.78 is 64.9. The van der Waals surface area contributed by atoms with Crippen LogP contribution in [0.2, 0.25) is 0 Å². The molecule has 5 heterocycles. The summed E-state index contributed by atoms with van der Waals surface area (Å²) in [7, 11) is -2.31. The maximum atomic E-state index is 14.0. The first-order chi connectivity index (χ1) is 21.2. The standard InChI is InChI=1S/C31H21FN4O7S/c1-36(44(2,38)39)22-14-24-19(26-28(42-24)17-6-5-16(32)12-21(17)34-30(26)37)13-18(22)15-10-20(27-25(11-15)40-8-9-41-27)31-35-29-23(43-31)4-3-7-33-29/h3-7,10-14H,8-9H2,1-2H3,(H,34,37). The Morgan fingerprint density at radius 2 is 1.80 bits per heavy atom. The number of sulfonamides is 1. The van der Waals surface area contributed by atoms with E-state index < -0.39 is 21.4 Å². The number of pyridine rings is 2. The molecule has 44 heavy (non-hydrogen) atoms. The van der Waals surface area contributed by atoms with Crippen LogP contribution in [-0.4, -0.2) is 49.9 Å². The lowest BCUT2D eigenvalue weighted by atomic mass is 9.97. The maximum absolute atomic E-state index is 14.0. The summed E-state index contributed by atoms with van der Waals surface area (Å²) in [6.07, 6.45) is 2.70. The molecule has 0 amide bonds. The number of furan rings is 1. The predicted octanol–water partition coefficient (Wildman–Crippen LogP) is 5.60. The number of anilines is 1. The van der Waals surface area contributed by atoms with Gasteiger partial charge in [-0.3, -0.25) is 9.10 Å². The average Bonchev–Trinajstić information content (AvgIpc) is 3.61. The number of hydrogen-bond acceptors (Lipinski definition) is 9. The number of nitrogens with one attached hydrogen (secondary N) is 1. The molecule has 0 unspecified atom stereocenters. The number of rotatable bonds is 4. The molecule has 0 spiro atoms. The minimum atomic E-state index is -3.74. The van der Waals surface area contributed by atoms with Crippen LogP contribution in [0.1, 0.15) is 0 Å². The highest BCUT2D eigenvalue weighted by atomic mass is 32.2. The van der Waals surface area contributed by atoms with Crippen LogP contribution in [0, 0.1) is 5.82 Å². The molecule has 3 aromatic carbocycles. The minimum Gasteiger partial charge on any atom is -0.486 e. The highest BCUT2D eigenvalue weighted by Crippen LogP contribution is 2.47. The van der Waals surface area contributed by atoms with Crippen molar-refractivity contribution in [3.63, 3.8) is 0 Å².